The zero-order valence-electron chi connectivity index (χ0n) is 11.6. The van der Waals surface area contributed by atoms with Crippen LogP contribution in [0.2, 0.25) is 0 Å². The molecule has 0 fully saturated rings. The van der Waals surface area contributed by atoms with Gasteiger partial charge in [-0.3, -0.25) is 9.59 Å². The number of amides is 1. The van der Waals surface area contributed by atoms with Gasteiger partial charge in [-0.2, -0.15) is 0 Å². The summed E-state index contributed by atoms with van der Waals surface area (Å²) < 4.78 is 0. The van der Waals surface area contributed by atoms with Crippen LogP contribution >= 0.6 is 0 Å². The quantitative estimate of drug-likeness (QED) is 0.781. The molecule has 0 heterocycles. The molecular weight excluding hydrogens is 258 g/mol. The van der Waals surface area contributed by atoms with Crippen molar-refractivity contribution < 1.29 is 19.8 Å². The first-order valence-corrected chi connectivity index (χ1v) is 6.43. The lowest BCUT2D eigenvalue weighted by atomic mass is 10.1. The largest absolute Gasteiger partial charge is 0.508 e. The van der Waals surface area contributed by atoms with Gasteiger partial charge in [0.25, 0.3) is 0 Å². The molecule has 5 nitrogen and oxygen atoms in total. The molecular formula is C15H19NO4. The van der Waals surface area contributed by atoms with Crippen LogP contribution in [0, 0.1) is 0 Å². The molecule has 1 unspecified atom stereocenters. The Balaban J connectivity index is 2.71. The van der Waals surface area contributed by atoms with Crippen LogP contribution < -0.4 is 0 Å². The van der Waals surface area contributed by atoms with E-state index in [1.807, 2.05) is 6.92 Å². The Bertz CT molecular complexity index is 493. The average Bonchev–Trinajstić information content (AvgIpc) is 2.38. The first kappa shape index (κ1) is 15.8. The molecule has 1 amide bonds. The number of hydrogen-bond donors (Lipinski definition) is 2. The zero-order chi connectivity index (χ0) is 15.1. The highest BCUT2D eigenvalue weighted by molar-refractivity contribution is 5.92. The van der Waals surface area contributed by atoms with Gasteiger partial charge in [0.2, 0.25) is 5.91 Å². The summed E-state index contributed by atoms with van der Waals surface area (Å²) in [6.45, 7) is 3.97. The van der Waals surface area contributed by atoms with Crippen molar-refractivity contribution in [3.8, 4) is 5.75 Å². The summed E-state index contributed by atoms with van der Waals surface area (Å²) in [7, 11) is 0. The van der Waals surface area contributed by atoms with E-state index in [1.165, 1.54) is 23.1 Å². The molecule has 0 radical (unpaired) electrons. The minimum Gasteiger partial charge on any atom is -0.508 e. The summed E-state index contributed by atoms with van der Waals surface area (Å²) in [5.41, 5.74) is 0.790. The van der Waals surface area contributed by atoms with Crippen LogP contribution in [0.1, 0.15) is 25.8 Å². The molecule has 0 bridgehead atoms. The van der Waals surface area contributed by atoms with Crippen molar-refractivity contribution in [3.63, 3.8) is 0 Å². The summed E-state index contributed by atoms with van der Waals surface area (Å²) in [6.07, 6.45) is 2.97. The van der Waals surface area contributed by atoms with Crippen molar-refractivity contribution >= 4 is 18.0 Å². The normalized spacial score (nSPS) is 12.3. The van der Waals surface area contributed by atoms with E-state index in [0.717, 1.165) is 5.56 Å². The Kier molecular flexibility index (Phi) is 5.77. The van der Waals surface area contributed by atoms with E-state index >= 15 is 0 Å². The number of carboxylic acid groups (broad SMARTS) is 1. The van der Waals surface area contributed by atoms with Gasteiger partial charge < -0.3 is 15.1 Å². The highest BCUT2D eigenvalue weighted by Gasteiger charge is 2.18. The maximum absolute atomic E-state index is 12.0. The van der Waals surface area contributed by atoms with Crippen LogP contribution in [0.25, 0.3) is 6.08 Å². The molecule has 1 aromatic rings. The summed E-state index contributed by atoms with van der Waals surface area (Å²) in [5.74, 6) is -0.987. The monoisotopic (exact) mass is 277 g/mol. The lowest BCUT2D eigenvalue weighted by molar-refractivity contribution is -0.139. The van der Waals surface area contributed by atoms with Crippen molar-refractivity contribution in [2.45, 2.75) is 26.3 Å². The highest BCUT2D eigenvalue weighted by Crippen LogP contribution is 2.11. The van der Waals surface area contributed by atoms with Gasteiger partial charge in [-0.25, -0.2) is 0 Å². The average molecular weight is 277 g/mol. The Hall–Kier alpha value is -2.30. The fourth-order valence-corrected chi connectivity index (χ4v) is 1.90. The molecule has 1 aromatic carbocycles. The minimum absolute atomic E-state index is 0.0768. The SMILES string of the molecule is CCN(C(=O)C=Cc1ccc(O)cc1)C(C)CC(=O)O. The number of phenolic OH excluding ortho intramolecular Hbond substituents is 1. The third-order valence-electron chi connectivity index (χ3n) is 2.94. The second kappa shape index (κ2) is 7.33. The van der Waals surface area contributed by atoms with Gasteiger partial charge >= 0.3 is 5.97 Å². The second-order valence-corrected chi connectivity index (χ2v) is 4.50. The molecule has 20 heavy (non-hydrogen) atoms. The topological polar surface area (TPSA) is 77.8 Å². The molecule has 1 atom stereocenters. The molecule has 0 spiro atoms. The Labute approximate surface area is 118 Å². The molecule has 0 aliphatic carbocycles. The molecule has 0 saturated heterocycles. The molecule has 0 aliphatic heterocycles. The molecule has 5 heteroatoms. The number of carbonyl (C=O) groups excluding carboxylic acids is 1. The number of nitrogens with zero attached hydrogens (tertiary/aromatic N) is 1. The standard InChI is InChI=1S/C15H19NO4/c1-3-16(11(2)10-15(19)20)14(18)9-6-12-4-7-13(17)8-5-12/h4-9,11,17H,3,10H2,1-2H3,(H,19,20). The van der Waals surface area contributed by atoms with Gasteiger partial charge in [0.05, 0.1) is 6.42 Å². The van der Waals surface area contributed by atoms with Crippen LogP contribution in [0.3, 0.4) is 0 Å². The van der Waals surface area contributed by atoms with E-state index in [2.05, 4.69) is 0 Å². The maximum atomic E-state index is 12.0. The van der Waals surface area contributed by atoms with Gasteiger partial charge in [-0.1, -0.05) is 12.1 Å². The first-order chi connectivity index (χ1) is 9.43. The van der Waals surface area contributed by atoms with E-state index in [1.54, 1.807) is 25.1 Å². The minimum atomic E-state index is -0.925. The van der Waals surface area contributed by atoms with E-state index in [9.17, 15) is 9.59 Å². The molecule has 2 N–H and O–H groups in total. The summed E-state index contributed by atoms with van der Waals surface area (Å²) in [5, 5.41) is 17.9. The molecule has 108 valence electrons. The number of aromatic hydroxyl groups is 1. The van der Waals surface area contributed by atoms with Crippen molar-refractivity contribution in [1.29, 1.82) is 0 Å². The highest BCUT2D eigenvalue weighted by atomic mass is 16.4. The van der Waals surface area contributed by atoms with E-state index in [0.29, 0.717) is 6.54 Å². The van der Waals surface area contributed by atoms with Gasteiger partial charge in [0.15, 0.2) is 0 Å². The molecule has 1 rings (SSSR count). The first-order valence-electron chi connectivity index (χ1n) is 6.43. The van der Waals surface area contributed by atoms with Crippen LogP contribution in [0.4, 0.5) is 0 Å². The summed E-state index contributed by atoms with van der Waals surface area (Å²) in [6, 6.07) is 6.10. The van der Waals surface area contributed by atoms with Crippen LogP contribution in [0.15, 0.2) is 30.3 Å². The predicted octanol–water partition coefficient (Wildman–Crippen LogP) is 2.12. The number of carbonyl (C=O) groups is 2. The van der Waals surface area contributed by atoms with E-state index in [4.69, 9.17) is 10.2 Å². The smallest absolute Gasteiger partial charge is 0.305 e. The predicted molar refractivity (Wildman–Crippen MR) is 76.2 cm³/mol. The maximum Gasteiger partial charge on any atom is 0.305 e. The zero-order valence-corrected chi connectivity index (χ0v) is 11.6. The number of hydrogen-bond acceptors (Lipinski definition) is 3. The number of benzene rings is 1. The number of aliphatic carboxylic acids is 1. The lowest BCUT2D eigenvalue weighted by Gasteiger charge is -2.25. The van der Waals surface area contributed by atoms with Crippen LogP contribution in [-0.4, -0.2) is 39.6 Å². The van der Waals surface area contributed by atoms with Crippen molar-refractivity contribution in [3.05, 3.63) is 35.9 Å². The van der Waals surface area contributed by atoms with E-state index in [-0.39, 0.29) is 24.1 Å². The number of rotatable bonds is 6. The van der Waals surface area contributed by atoms with Crippen LogP contribution in [-0.2, 0) is 9.59 Å². The number of likely N-dealkylation sites (N-methyl/N-ethyl adjacent to an activating group) is 1. The van der Waals surface area contributed by atoms with Crippen molar-refractivity contribution in [2.75, 3.05) is 6.54 Å². The Morgan fingerprint density at radius 1 is 1.30 bits per heavy atom. The van der Waals surface area contributed by atoms with Gasteiger partial charge in [0.1, 0.15) is 5.75 Å². The molecule has 0 aromatic heterocycles. The van der Waals surface area contributed by atoms with Gasteiger partial charge in [-0.15, -0.1) is 0 Å². The fraction of sp³-hybridized carbons (Fsp3) is 0.333. The lowest BCUT2D eigenvalue weighted by Crippen LogP contribution is -2.38. The van der Waals surface area contributed by atoms with Gasteiger partial charge in [-0.05, 0) is 37.6 Å². The number of phenols is 1. The van der Waals surface area contributed by atoms with Crippen LogP contribution in [0.5, 0.6) is 5.75 Å². The second-order valence-electron chi connectivity index (χ2n) is 4.50. The Morgan fingerprint density at radius 2 is 1.90 bits per heavy atom. The molecule has 0 saturated carbocycles. The third-order valence-corrected chi connectivity index (χ3v) is 2.94. The molecule has 0 aliphatic rings. The van der Waals surface area contributed by atoms with Gasteiger partial charge in [0, 0.05) is 18.7 Å². The summed E-state index contributed by atoms with van der Waals surface area (Å²) in [4.78, 5) is 24.2. The van der Waals surface area contributed by atoms with Crippen molar-refractivity contribution in [2.24, 2.45) is 0 Å². The van der Waals surface area contributed by atoms with Crippen molar-refractivity contribution in [1.82, 2.24) is 4.90 Å². The number of carboxylic acids is 1. The summed E-state index contributed by atoms with van der Waals surface area (Å²) >= 11 is 0. The van der Waals surface area contributed by atoms with E-state index < -0.39 is 5.97 Å². The Morgan fingerprint density at radius 3 is 2.40 bits per heavy atom. The fourth-order valence-electron chi connectivity index (χ4n) is 1.90. The third kappa shape index (κ3) is 4.76.